The van der Waals surface area contributed by atoms with Crippen molar-refractivity contribution in [1.29, 1.82) is 0 Å². The molecular weight excluding hydrogens is 395 g/mol. The highest BCUT2D eigenvalue weighted by Crippen LogP contribution is 2.35. The fourth-order valence-electron chi connectivity index (χ4n) is 2.56. The standard InChI is InChI=1S/C21H39O7P/c1-2-3-4-5-6-7-8-9-10-11-12-13-14-15-16-17-21(23)27-18-20(22)19-28-29(24,25)26/h6-7,14-15,20,22H,2-5,8-13,16-19H2,1H3,(H2,24,25,26)/b7-6+,15-14+. The highest BCUT2D eigenvalue weighted by atomic mass is 31.2. The molecule has 0 saturated heterocycles. The van der Waals surface area contributed by atoms with Crippen molar-refractivity contribution < 1.29 is 33.5 Å². The van der Waals surface area contributed by atoms with Gasteiger partial charge in [0.15, 0.2) is 0 Å². The van der Waals surface area contributed by atoms with Crippen molar-refractivity contribution in [3.63, 3.8) is 0 Å². The molecule has 3 N–H and O–H groups in total. The minimum Gasteiger partial charge on any atom is -0.463 e. The van der Waals surface area contributed by atoms with Gasteiger partial charge in [-0.3, -0.25) is 9.32 Å². The maximum Gasteiger partial charge on any atom is 0.469 e. The van der Waals surface area contributed by atoms with Gasteiger partial charge in [-0.05, 0) is 44.9 Å². The van der Waals surface area contributed by atoms with E-state index in [9.17, 15) is 14.5 Å². The Hall–Kier alpha value is -0.980. The highest BCUT2D eigenvalue weighted by Gasteiger charge is 2.17. The third-order valence-electron chi connectivity index (χ3n) is 4.19. The van der Waals surface area contributed by atoms with Crippen LogP contribution in [-0.2, 0) is 18.6 Å². The molecule has 0 radical (unpaired) electrons. The molecule has 0 aromatic heterocycles. The summed E-state index contributed by atoms with van der Waals surface area (Å²) in [6.07, 6.45) is 20.2. The van der Waals surface area contributed by atoms with Gasteiger partial charge in [-0.25, -0.2) is 4.57 Å². The van der Waals surface area contributed by atoms with Crippen molar-refractivity contribution in [2.75, 3.05) is 13.2 Å². The number of allylic oxidation sites excluding steroid dienone is 4. The zero-order chi connectivity index (χ0) is 21.8. The second-order valence-electron chi connectivity index (χ2n) is 7.09. The molecule has 8 heteroatoms. The van der Waals surface area contributed by atoms with E-state index >= 15 is 0 Å². The Kier molecular flexibility index (Phi) is 18.4. The number of phosphoric acid groups is 1. The van der Waals surface area contributed by atoms with Crippen molar-refractivity contribution in [3.05, 3.63) is 24.3 Å². The highest BCUT2D eigenvalue weighted by molar-refractivity contribution is 7.46. The van der Waals surface area contributed by atoms with Crippen molar-refractivity contribution >= 4 is 13.8 Å². The first kappa shape index (κ1) is 28.0. The summed E-state index contributed by atoms with van der Waals surface area (Å²) in [5.74, 6) is -0.465. The zero-order valence-corrected chi connectivity index (χ0v) is 18.6. The van der Waals surface area contributed by atoms with Crippen LogP contribution < -0.4 is 0 Å². The van der Waals surface area contributed by atoms with E-state index in [0.29, 0.717) is 6.42 Å². The molecule has 1 atom stereocenters. The Morgan fingerprint density at radius 2 is 1.38 bits per heavy atom. The average Bonchev–Trinajstić information content (AvgIpc) is 2.67. The predicted molar refractivity (Wildman–Crippen MR) is 114 cm³/mol. The quantitative estimate of drug-likeness (QED) is 0.116. The van der Waals surface area contributed by atoms with Gasteiger partial charge >= 0.3 is 13.8 Å². The summed E-state index contributed by atoms with van der Waals surface area (Å²) < 4.78 is 19.4. The normalized spacial score (nSPS) is 13.4. The van der Waals surface area contributed by atoms with Gasteiger partial charge in [0.1, 0.15) is 12.7 Å². The Morgan fingerprint density at radius 3 is 1.90 bits per heavy atom. The molecule has 0 aromatic rings. The first-order valence-electron chi connectivity index (χ1n) is 10.7. The fourth-order valence-corrected chi connectivity index (χ4v) is 2.92. The maximum atomic E-state index is 11.5. The Bertz CT molecular complexity index is 499. The van der Waals surface area contributed by atoms with Gasteiger partial charge in [0.05, 0.1) is 6.61 Å². The maximum absolute atomic E-state index is 11.5. The monoisotopic (exact) mass is 434 g/mol. The molecule has 0 aromatic carbocycles. The molecule has 0 aliphatic heterocycles. The molecule has 0 aliphatic rings. The lowest BCUT2D eigenvalue weighted by atomic mass is 10.1. The minimum absolute atomic E-state index is 0.202. The number of esters is 1. The smallest absolute Gasteiger partial charge is 0.463 e. The van der Waals surface area contributed by atoms with Crippen LogP contribution in [0, 0.1) is 0 Å². The molecule has 7 nitrogen and oxygen atoms in total. The lowest BCUT2D eigenvalue weighted by Gasteiger charge is -2.11. The minimum atomic E-state index is -4.63. The molecule has 0 bridgehead atoms. The first-order valence-corrected chi connectivity index (χ1v) is 12.2. The van der Waals surface area contributed by atoms with Gasteiger partial charge in [0, 0.05) is 6.42 Å². The Balaban J connectivity index is 3.46. The third kappa shape index (κ3) is 23.2. The van der Waals surface area contributed by atoms with Crippen LogP contribution in [0.25, 0.3) is 0 Å². The SMILES string of the molecule is CCCCC/C=C/CCCCCC/C=C/CCC(=O)OCC(O)COP(=O)(O)O. The summed E-state index contributed by atoms with van der Waals surface area (Å²) in [6.45, 7) is 1.28. The van der Waals surface area contributed by atoms with Crippen LogP contribution in [0.2, 0.25) is 0 Å². The summed E-state index contributed by atoms with van der Waals surface area (Å²) in [7, 11) is -4.63. The number of phosphoric ester groups is 1. The lowest BCUT2D eigenvalue weighted by Crippen LogP contribution is -2.23. The molecule has 0 heterocycles. The van der Waals surface area contributed by atoms with E-state index in [1.54, 1.807) is 0 Å². The van der Waals surface area contributed by atoms with Crippen LogP contribution in [0.15, 0.2) is 24.3 Å². The topological polar surface area (TPSA) is 113 Å². The number of ether oxygens (including phenoxy) is 1. The number of hydrogen-bond donors (Lipinski definition) is 3. The van der Waals surface area contributed by atoms with Gasteiger partial charge in [0.2, 0.25) is 0 Å². The van der Waals surface area contributed by atoms with E-state index in [2.05, 4.69) is 29.7 Å². The molecule has 0 rings (SSSR count). The number of hydrogen-bond acceptors (Lipinski definition) is 5. The van der Waals surface area contributed by atoms with E-state index in [1.807, 2.05) is 6.08 Å². The number of carbonyl (C=O) groups excluding carboxylic acids is 1. The molecule has 0 aliphatic carbocycles. The largest absolute Gasteiger partial charge is 0.469 e. The van der Waals surface area contributed by atoms with Crippen LogP contribution in [0.3, 0.4) is 0 Å². The van der Waals surface area contributed by atoms with E-state index < -0.39 is 26.5 Å². The van der Waals surface area contributed by atoms with Crippen molar-refractivity contribution in [2.24, 2.45) is 0 Å². The van der Waals surface area contributed by atoms with Crippen LogP contribution in [0.5, 0.6) is 0 Å². The number of unbranched alkanes of at least 4 members (excludes halogenated alkanes) is 8. The summed E-state index contributed by atoms with van der Waals surface area (Å²) in [5, 5.41) is 9.40. The van der Waals surface area contributed by atoms with E-state index in [1.165, 1.54) is 51.4 Å². The van der Waals surface area contributed by atoms with Crippen LogP contribution in [0.1, 0.15) is 84.0 Å². The predicted octanol–water partition coefficient (Wildman–Crippen LogP) is 4.81. The fraction of sp³-hybridized carbons (Fsp3) is 0.762. The summed E-state index contributed by atoms with van der Waals surface area (Å²) in [4.78, 5) is 28.5. The van der Waals surface area contributed by atoms with Gasteiger partial charge in [-0.1, -0.05) is 56.9 Å². The zero-order valence-electron chi connectivity index (χ0n) is 17.7. The van der Waals surface area contributed by atoms with E-state index in [0.717, 1.165) is 12.8 Å². The van der Waals surface area contributed by atoms with Gasteiger partial charge in [-0.15, -0.1) is 0 Å². The van der Waals surface area contributed by atoms with Crippen LogP contribution in [-0.4, -0.2) is 40.2 Å². The molecular formula is C21H39O7P. The van der Waals surface area contributed by atoms with E-state index in [4.69, 9.17) is 14.5 Å². The number of aliphatic hydroxyl groups excluding tert-OH is 1. The second kappa shape index (κ2) is 19.0. The first-order chi connectivity index (χ1) is 13.8. The lowest BCUT2D eigenvalue weighted by molar-refractivity contribution is -0.147. The summed E-state index contributed by atoms with van der Waals surface area (Å²) in [5.41, 5.74) is 0. The molecule has 0 saturated carbocycles. The Labute approximate surface area is 175 Å². The van der Waals surface area contributed by atoms with Crippen molar-refractivity contribution in [2.45, 2.75) is 90.1 Å². The molecule has 0 fully saturated rings. The second-order valence-corrected chi connectivity index (χ2v) is 8.33. The number of carbonyl (C=O) groups is 1. The summed E-state index contributed by atoms with van der Waals surface area (Å²) >= 11 is 0. The number of aliphatic hydroxyl groups is 1. The molecule has 1 unspecified atom stereocenters. The van der Waals surface area contributed by atoms with Gasteiger partial charge in [0.25, 0.3) is 0 Å². The van der Waals surface area contributed by atoms with Crippen molar-refractivity contribution in [3.8, 4) is 0 Å². The third-order valence-corrected chi connectivity index (χ3v) is 4.67. The van der Waals surface area contributed by atoms with Crippen LogP contribution >= 0.6 is 7.82 Å². The van der Waals surface area contributed by atoms with Crippen molar-refractivity contribution in [1.82, 2.24) is 0 Å². The van der Waals surface area contributed by atoms with Crippen LogP contribution in [0.4, 0.5) is 0 Å². The molecule has 0 amide bonds. The van der Waals surface area contributed by atoms with Gasteiger partial charge in [-0.2, -0.15) is 0 Å². The van der Waals surface area contributed by atoms with E-state index in [-0.39, 0.29) is 13.0 Å². The Morgan fingerprint density at radius 1 is 0.862 bits per heavy atom. The molecule has 0 spiro atoms. The molecule has 170 valence electrons. The average molecular weight is 435 g/mol. The summed E-state index contributed by atoms with van der Waals surface area (Å²) in [6, 6.07) is 0. The molecule has 29 heavy (non-hydrogen) atoms. The van der Waals surface area contributed by atoms with Gasteiger partial charge < -0.3 is 19.6 Å². The number of rotatable bonds is 19.